The number of ether oxygens (including phenoxy) is 1. The molecule has 1 unspecified atom stereocenters. The average Bonchev–Trinajstić information content (AvgIpc) is 2.76. The number of pyridine rings is 1. The molecule has 1 heterocycles. The van der Waals surface area contributed by atoms with E-state index in [9.17, 15) is 27.2 Å². The maximum Gasteiger partial charge on any atom is 0.340 e. The number of halogens is 4. The third-order valence-corrected chi connectivity index (χ3v) is 4.11. The number of allylic oxidation sites excluding steroid dienone is 2. The predicted octanol–water partition coefficient (Wildman–Crippen LogP) is 3.40. The Balaban J connectivity index is 0.00000196. The first-order valence-corrected chi connectivity index (χ1v) is 10.3. The van der Waals surface area contributed by atoms with E-state index in [4.69, 9.17) is 11.5 Å². The number of amides is 1. The molecule has 34 heavy (non-hydrogen) atoms. The second kappa shape index (κ2) is 14.1. The number of aldehydes is 1. The van der Waals surface area contributed by atoms with Crippen molar-refractivity contribution in [2.75, 3.05) is 19.0 Å². The van der Waals surface area contributed by atoms with Gasteiger partial charge in [0.05, 0.1) is 11.7 Å². The van der Waals surface area contributed by atoms with Gasteiger partial charge in [-0.3, -0.25) is 4.79 Å². The van der Waals surface area contributed by atoms with E-state index in [0.29, 0.717) is 5.82 Å². The van der Waals surface area contributed by atoms with E-state index in [1.54, 1.807) is 26.1 Å². The van der Waals surface area contributed by atoms with Crippen molar-refractivity contribution in [2.24, 2.45) is 17.4 Å². The first-order valence-electron chi connectivity index (χ1n) is 10.3. The van der Waals surface area contributed by atoms with Crippen LogP contribution in [0.4, 0.5) is 23.4 Å². The summed E-state index contributed by atoms with van der Waals surface area (Å²) in [4.78, 5) is 26.0. The van der Waals surface area contributed by atoms with Crippen LogP contribution in [-0.4, -0.2) is 43.2 Å². The van der Waals surface area contributed by atoms with Crippen molar-refractivity contribution < 1.29 is 31.9 Å². The molecular formula is C22H33F4N5O3. The Morgan fingerprint density at radius 3 is 2.26 bits per heavy atom. The number of nitrogens with one attached hydrogen (secondary N) is 2. The zero-order valence-corrected chi connectivity index (χ0v) is 20.1. The van der Waals surface area contributed by atoms with Crippen LogP contribution in [0.25, 0.3) is 0 Å². The lowest BCUT2D eigenvalue weighted by molar-refractivity contribution is -0.158. The molecule has 0 bridgehead atoms. The Kier molecular flexibility index (Phi) is 12.7. The molecule has 0 fully saturated rings. The molecule has 0 saturated carbocycles. The summed E-state index contributed by atoms with van der Waals surface area (Å²) in [6.45, 7) is 7.00. The molecule has 0 aliphatic rings. The Hall–Kier alpha value is -3.31. The molecule has 0 spiro atoms. The van der Waals surface area contributed by atoms with E-state index < -0.39 is 36.8 Å². The van der Waals surface area contributed by atoms with E-state index >= 15 is 0 Å². The van der Waals surface area contributed by atoms with Gasteiger partial charge in [-0.15, -0.1) is 0 Å². The van der Waals surface area contributed by atoms with Gasteiger partial charge in [0.1, 0.15) is 12.1 Å². The van der Waals surface area contributed by atoms with Crippen molar-refractivity contribution in [3.63, 3.8) is 0 Å². The fourth-order valence-electron chi connectivity index (χ4n) is 2.16. The van der Waals surface area contributed by atoms with Crippen LogP contribution >= 0.6 is 0 Å². The molecule has 1 atom stereocenters. The third kappa shape index (κ3) is 11.0. The Morgan fingerprint density at radius 1 is 1.24 bits per heavy atom. The van der Waals surface area contributed by atoms with Crippen LogP contribution in [0.3, 0.4) is 0 Å². The quantitative estimate of drug-likeness (QED) is 0.130. The van der Waals surface area contributed by atoms with Gasteiger partial charge in [0.2, 0.25) is 0 Å². The highest BCUT2D eigenvalue weighted by molar-refractivity contribution is 5.93. The molecule has 0 aliphatic heterocycles. The number of anilines is 1. The van der Waals surface area contributed by atoms with Crippen LogP contribution in [0.2, 0.25) is 0 Å². The maximum absolute atomic E-state index is 12.9. The molecule has 1 aromatic rings. The molecule has 1 rings (SSSR count). The summed E-state index contributed by atoms with van der Waals surface area (Å²) in [5, 5.41) is 5.59. The first kappa shape index (κ1) is 30.7. The molecule has 1 amide bonds. The zero-order valence-electron chi connectivity index (χ0n) is 20.1. The van der Waals surface area contributed by atoms with Crippen molar-refractivity contribution >= 4 is 18.0 Å². The van der Waals surface area contributed by atoms with Crippen LogP contribution in [0.15, 0.2) is 35.4 Å². The van der Waals surface area contributed by atoms with Crippen LogP contribution in [-0.2, 0) is 14.3 Å². The third-order valence-electron chi connectivity index (χ3n) is 4.11. The zero-order chi connectivity index (χ0) is 26.6. The summed E-state index contributed by atoms with van der Waals surface area (Å²) in [5.74, 6) is -4.69. The lowest BCUT2D eigenvalue weighted by Crippen LogP contribution is -2.33. The number of nitrogens with two attached hydrogens (primary N) is 2. The fraction of sp³-hybridized carbons (Fsp3) is 0.500. The van der Waals surface area contributed by atoms with E-state index in [2.05, 4.69) is 20.4 Å². The van der Waals surface area contributed by atoms with Gasteiger partial charge >= 0.3 is 12.3 Å². The molecule has 1 aromatic heterocycles. The molecule has 8 nitrogen and oxygen atoms in total. The van der Waals surface area contributed by atoms with Crippen LogP contribution in [0.1, 0.15) is 45.0 Å². The van der Waals surface area contributed by atoms with E-state index in [-0.39, 0.29) is 17.2 Å². The lowest BCUT2D eigenvalue weighted by atomic mass is 10.1. The second-order valence-corrected chi connectivity index (χ2v) is 7.75. The standard InChI is InChI=1S/C18H25F4N5O2.C4H8O/c1-9(15(24)29-8-18(21,22)17(19)20)5-13(23)16(28)27-11(3)12-6-10(2)26-14(7-12)25-4;1-4(2)3-5/h5-7,11,17H,8,23-24H2,1-4H3,(H,25,26)(H,27,28);3-4H,1-2H3/b13-5-,15-9+;. The molecule has 0 radical (unpaired) electrons. The molecule has 192 valence electrons. The molecule has 0 saturated heterocycles. The number of aryl methyl sites for hydroxylation is 1. The SMILES string of the molecule is CC(C)C=O.CNc1cc(C(C)NC(=O)/C(N)=C/C(C)=C(\N)OCC(F)(F)C(F)F)cc(C)n1. The van der Waals surface area contributed by atoms with Gasteiger partial charge < -0.3 is 31.6 Å². The summed E-state index contributed by atoms with van der Waals surface area (Å²) >= 11 is 0. The van der Waals surface area contributed by atoms with Crippen LogP contribution in [0.5, 0.6) is 0 Å². The van der Waals surface area contributed by atoms with E-state index in [0.717, 1.165) is 23.6 Å². The summed E-state index contributed by atoms with van der Waals surface area (Å²) in [6, 6.07) is 3.15. The van der Waals surface area contributed by atoms with Gasteiger partial charge in [-0.2, -0.15) is 8.78 Å². The predicted molar refractivity (Wildman–Crippen MR) is 122 cm³/mol. The first-order chi connectivity index (χ1) is 15.6. The normalized spacial score (nSPS) is 13.5. The van der Waals surface area contributed by atoms with Gasteiger partial charge in [0.15, 0.2) is 12.5 Å². The lowest BCUT2D eigenvalue weighted by Gasteiger charge is -2.17. The number of hydrogen-bond donors (Lipinski definition) is 4. The fourth-order valence-corrected chi connectivity index (χ4v) is 2.16. The van der Waals surface area contributed by atoms with E-state index in [1.807, 2.05) is 20.8 Å². The highest BCUT2D eigenvalue weighted by Crippen LogP contribution is 2.24. The van der Waals surface area contributed by atoms with Crippen molar-refractivity contribution in [1.29, 1.82) is 0 Å². The van der Waals surface area contributed by atoms with Gasteiger partial charge in [0, 0.05) is 24.2 Å². The molecule has 12 heteroatoms. The number of hydrogen-bond acceptors (Lipinski definition) is 7. The van der Waals surface area contributed by atoms with Gasteiger partial charge in [-0.25, -0.2) is 13.8 Å². The van der Waals surface area contributed by atoms with Crippen molar-refractivity contribution in [3.05, 3.63) is 46.6 Å². The van der Waals surface area contributed by atoms with Crippen LogP contribution < -0.4 is 22.1 Å². The number of carbonyl (C=O) groups is 2. The maximum atomic E-state index is 12.9. The van der Waals surface area contributed by atoms with Crippen LogP contribution in [0, 0.1) is 12.8 Å². The minimum atomic E-state index is -4.35. The molecule has 0 aliphatic carbocycles. The number of rotatable bonds is 10. The smallest absolute Gasteiger partial charge is 0.340 e. The monoisotopic (exact) mass is 491 g/mol. The number of nitrogens with zero attached hydrogens (tertiary/aromatic N) is 1. The largest absolute Gasteiger partial charge is 0.473 e. The Bertz CT molecular complexity index is 889. The summed E-state index contributed by atoms with van der Waals surface area (Å²) < 4.78 is 54.5. The highest BCUT2D eigenvalue weighted by atomic mass is 19.3. The topological polar surface area (TPSA) is 132 Å². The summed E-state index contributed by atoms with van der Waals surface area (Å²) in [6.07, 6.45) is -1.86. The minimum Gasteiger partial charge on any atom is -0.473 e. The van der Waals surface area contributed by atoms with Gasteiger partial charge in [-0.05, 0) is 44.5 Å². The van der Waals surface area contributed by atoms with Crippen molar-refractivity contribution in [2.45, 2.75) is 53.0 Å². The van der Waals surface area contributed by atoms with Crippen molar-refractivity contribution in [3.8, 4) is 0 Å². The van der Waals surface area contributed by atoms with Gasteiger partial charge in [0.25, 0.3) is 5.91 Å². The number of carbonyl (C=O) groups excluding carboxylic acids is 2. The molecule has 0 aromatic carbocycles. The highest BCUT2D eigenvalue weighted by Gasteiger charge is 2.41. The van der Waals surface area contributed by atoms with Gasteiger partial charge in [-0.1, -0.05) is 13.8 Å². The Morgan fingerprint density at radius 2 is 1.79 bits per heavy atom. The summed E-state index contributed by atoms with van der Waals surface area (Å²) in [5.41, 5.74) is 12.5. The number of alkyl halides is 4. The second-order valence-electron chi connectivity index (χ2n) is 7.75. The minimum absolute atomic E-state index is 0.0348. The van der Waals surface area contributed by atoms with Crippen molar-refractivity contribution in [1.82, 2.24) is 10.3 Å². The Labute approximate surface area is 196 Å². The molecular weight excluding hydrogens is 458 g/mol. The number of aromatic nitrogens is 1. The van der Waals surface area contributed by atoms with E-state index in [1.165, 1.54) is 6.92 Å². The summed E-state index contributed by atoms with van der Waals surface area (Å²) in [7, 11) is 1.72. The average molecular weight is 492 g/mol. The molecule has 6 N–H and O–H groups in total.